The van der Waals surface area contributed by atoms with Gasteiger partial charge in [-0.25, -0.2) is 9.59 Å². The number of esters is 1. The van der Waals surface area contributed by atoms with Crippen molar-refractivity contribution in [2.24, 2.45) is 0 Å². The van der Waals surface area contributed by atoms with Gasteiger partial charge in [0, 0.05) is 17.0 Å². The fourth-order valence-corrected chi connectivity index (χ4v) is 3.11. The van der Waals surface area contributed by atoms with Gasteiger partial charge >= 0.3 is 11.6 Å². The lowest BCUT2D eigenvalue weighted by Gasteiger charge is -2.13. The van der Waals surface area contributed by atoms with E-state index in [9.17, 15) is 9.59 Å². The first-order chi connectivity index (χ1) is 12.9. The minimum Gasteiger partial charge on any atom is -0.457 e. The molecule has 5 heteroatoms. The van der Waals surface area contributed by atoms with Gasteiger partial charge in [0.25, 0.3) is 0 Å². The SMILES string of the molecule is Cc1cc2oc(=O)cc(COC(=O)c3ccc(CO)cc3)c2cc1C(C)C. The molecule has 0 aliphatic rings. The smallest absolute Gasteiger partial charge is 0.338 e. The highest BCUT2D eigenvalue weighted by Crippen LogP contribution is 2.27. The lowest BCUT2D eigenvalue weighted by atomic mass is 9.95. The zero-order chi connectivity index (χ0) is 19.6. The van der Waals surface area contributed by atoms with E-state index in [2.05, 4.69) is 13.8 Å². The van der Waals surface area contributed by atoms with Crippen molar-refractivity contribution in [1.29, 1.82) is 0 Å². The van der Waals surface area contributed by atoms with Gasteiger partial charge in [0.05, 0.1) is 12.2 Å². The second kappa shape index (κ2) is 7.76. The lowest BCUT2D eigenvalue weighted by molar-refractivity contribution is 0.0473. The van der Waals surface area contributed by atoms with Crippen LogP contribution in [0.25, 0.3) is 11.0 Å². The van der Waals surface area contributed by atoms with Crippen molar-refractivity contribution in [3.63, 3.8) is 0 Å². The van der Waals surface area contributed by atoms with E-state index in [1.807, 2.05) is 19.1 Å². The molecule has 5 nitrogen and oxygen atoms in total. The van der Waals surface area contributed by atoms with Gasteiger partial charge in [-0.3, -0.25) is 0 Å². The summed E-state index contributed by atoms with van der Waals surface area (Å²) in [5.74, 6) is -0.168. The fourth-order valence-electron chi connectivity index (χ4n) is 3.11. The normalized spacial score (nSPS) is 11.1. The molecule has 0 fully saturated rings. The number of hydrogen-bond acceptors (Lipinski definition) is 5. The van der Waals surface area contributed by atoms with Crippen molar-refractivity contribution < 1.29 is 19.1 Å². The maximum absolute atomic E-state index is 12.3. The van der Waals surface area contributed by atoms with Crippen molar-refractivity contribution in [2.75, 3.05) is 0 Å². The second-order valence-corrected chi connectivity index (χ2v) is 6.88. The molecule has 1 N–H and O–H groups in total. The van der Waals surface area contributed by atoms with E-state index in [1.54, 1.807) is 24.3 Å². The van der Waals surface area contributed by atoms with Crippen LogP contribution in [0.4, 0.5) is 0 Å². The summed E-state index contributed by atoms with van der Waals surface area (Å²) in [5, 5.41) is 9.84. The van der Waals surface area contributed by atoms with E-state index in [0.717, 1.165) is 22.1 Å². The van der Waals surface area contributed by atoms with Crippen LogP contribution in [0.3, 0.4) is 0 Å². The summed E-state index contributed by atoms with van der Waals surface area (Å²) < 4.78 is 10.7. The van der Waals surface area contributed by atoms with Crippen LogP contribution in [-0.2, 0) is 18.0 Å². The van der Waals surface area contributed by atoms with Gasteiger partial charge in [-0.05, 0) is 53.8 Å². The summed E-state index contributed by atoms with van der Waals surface area (Å²) in [4.78, 5) is 24.2. The topological polar surface area (TPSA) is 76.7 Å². The fraction of sp³-hybridized carbons (Fsp3) is 0.273. The Balaban J connectivity index is 1.90. The van der Waals surface area contributed by atoms with Crippen LogP contribution in [0.2, 0.25) is 0 Å². The van der Waals surface area contributed by atoms with Crippen molar-refractivity contribution in [2.45, 2.75) is 39.9 Å². The number of carbonyl (C=O) groups is 1. The largest absolute Gasteiger partial charge is 0.457 e. The Morgan fingerprint density at radius 1 is 1.15 bits per heavy atom. The molecule has 0 aliphatic carbocycles. The third kappa shape index (κ3) is 4.09. The molecule has 0 unspecified atom stereocenters. The molecule has 1 heterocycles. The van der Waals surface area contributed by atoms with E-state index >= 15 is 0 Å². The summed E-state index contributed by atoms with van der Waals surface area (Å²) in [7, 11) is 0. The molecule has 0 spiro atoms. The highest BCUT2D eigenvalue weighted by Gasteiger charge is 2.13. The van der Waals surface area contributed by atoms with Gasteiger partial charge < -0.3 is 14.3 Å². The number of carbonyl (C=O) groups excluding carboxylic acids is 1. The Bertz CT molecular complexity index is 1030. The molecule has 0 aliphatic heterocycles. The summed E-state index contributed by atoms with van der Waals surface area (Å²) in [6.07, 6.45) is 0. The molecule has 140 valence electrons. The summed E-state index contributed by atoms with van der Waals surface area (Å²) in [5.41, 5.74) is 3.94. The molecule has 0 radical (unpaired) electrons. The van der Waals surface area contributed by atoms with Crippen molar-refractivity contribution in [3.8, 4) is 0 Å². The summed E-state index contributed by atoms with van der Waals surface area (Å²) in [6, 6.07) is 11.8. The van der Waals surface area contributed by atoms with Crippen LogP contribution < -0.4 is 5.63 Å². The molecular formula is C22H22O5. The molecular weight excluding hydrogens is 344 g/mol. The number of aryl methyl sites for hydroxylation is 1. The third-order valence-electron chi connectivity index (χ3n) is 4.57. The number of aliphatic hydroxyl groups excluding tert-OH is 1. The van der Waals surface area contributed by atoms with E-state index in [-0.39, 0.29) is 13.2 Å². The van der Waals surface area contributed by atoms with Crippen LogP contribution in [0, 0.1) is 6.92 Å². The van der Waals surface area contributed by atoms with Gasteiger partial charge in [0.1, 0.15) is 12.2 Å². The molecule has 0 atom stereocenters. The standard InChI is InChI=1S/C22H22O5/c1-13(2)18-10-19-17(9-21(24)27-20(19)8-14(18)3)12-26-22(25)16-6-4-15(11-23)5-7-16/h4-10,13,23H,11-12H2,1-3H3. The van der Waals surface area contributed by atoms with Crippen LogP contribution in [0.5, 0.6) is 0 Å². The molecule has 0 saturated carbocycles. The Kier molecular flexibility index (Phi) is 5.42. The average Bonchev–Trinajstić information content (AvgIpc) is 2.65. The number of rotatable bonds is 5. The van der Waals surface area contributed by atoms with Crippen molar-refractivity contribution in [1.82, 2.24) is 0 Å². The first-order valence-corrected chi connectivity index (χ1v) is 8.83. The third-order valence-corrected chi connectivity index (χ3v) is 4.57. The molecule has 0 saturated heterocycles. The van der Waals surface area contributed by atoms with E-state index in [0.29, 0.717) is 22.6 Å². The van der Waals surface area contributed by atoms with Crippen LogP contribution in [-0.4, -0.2) is 11.1 Å². The van der Waals surface area contributed by atoms with E-state index in [4.69, 9.17) is 14.3 Å². The maximum Gasteiger partial charge on any atom is 0.338 e. The van der Waals surface area contributed by atoms with Crippen molar-refractivity contribution >= 4 is 16.9 Å². The molecule has 2 aromatic carbocycles. The minimum atomic E-state index is -0.489. The zero-order valence-corrected chi connectivity index (χ0v) is 15.6. The number of aliphatic hydroxyl groups is 1. The van der Waals surface area contributed by atoms with Crippen LogP contribution in [0.15, 0.2) is 51.7 Å². The molecule has 3 rings (SSSR count). The number of hydrogen-bond donors (Lipinski definition) is 1. The molecule has 0 amide bonds. The number of benzene rings is 2. The van der Waals surface area contributed by atoms with Crippen molar-refractivity contribution in [3.05, 3.63) is 80.7 Å². The minimum absolute atomic E-state index is 0.0245. The molecule has 0 bridgehead atoms. The van der Waals surface area contributed by atoms with E-state index in [1.165, 1.54) is 6.07 Å². The predicted molar refractivity (Wildman–Crippen MR) is 103 cm³/mol. The Hall–Kier alpha value is -2.92. The van der Waals surface area contributed by atoms with Crippen LogP contribution >= 0.6 is 0 Å². The lowest BCUT2D eigenvalue weighted by Crippen LogP contribution is -2.08. The maximum atomic E-state index is 12.3. The van der Waals surface area contributed by atoms with Gasteiger partial charge in [0.15, 0.2) is 0 Å². The Morgan fingerprint density at radius 2 is 1.85 bits per heavy atom. The molecule has 27 heavy (non-hydrogen) atoms. The van der Waals surface area contributed by atoms with Crippen LogP contribution in [0.1, 0.15) is 52.4 Å². The highest BCUT2D eigenvalue weighted by atomic mass is 16.5. The summed E-state index contributed by atoms with van der Waals surface area (Å²) >= 11 is 0. The van der Waals surface area contributed by atoms with Gasteiger partial charge in [0.2, 0.25) is 0 Å². The van der Waals surface area contributed by atoms with Gasteiger partial charge in [-0.1, -0.05) is 26.0 Å². The summed E-state index contributed by atoms with van der Waals surface area (Å²) in [6.45, 7) is 6.07. The monoisotopic (exact) mass is 366 g/mol. The number of fused-ring (bicyclic) bond motifs is 1. The quantitative estimate of drug-likeness (QED) is 0.544. The average molecular weight is 366 g/mol. The first kappa shape index (κ1) is 18.9. The van der Waals surface area contributed by atoms with Gasteiger partial charge in [-0.2, -0.15) is 0 Å². The Morgan fingerprint density at radius 3 is 2.48 bits per heavy atom. The van der Waals surface area contributed by atoms with E-state index < -0.39 is 11.6 Å². The zero-order valence-electron chi connectivity index (χ0n) is 15.6. The number of ether oxygens (including phenoxy) is 1. The highest BCUT2D eigenvalue weighted by molar-refractivity contribution is 5.89. The first-order valence-electron chi connectivity index (χ1n) is 8.83. The molecule has 1 aromatic heterocycles. The second-order valence-electron chi connectivity index (χ2n) is 6.88. The van der Waals surface area contributed by atoms with Gasteiger partial charge in [-0.15, -0.1) is 0 Å². The molecule has 3 aromatic rings. The Labute approximate surface area is 157 Å². The predicted octanol–water partition coefficient (Wildman–Crippen LogP) is 4.07.